The van der Waals surface area contributed by atoms with Crippen LogP contribution < -0.4 is 14.2 Å². The molecule has 0 N–H and O–H groups in total. The molecule has 3 aromatic rings. The lowest BCUT2D eigenvalue weighted by atomic mass is 10.2. The highest BCUT2D eigenvalue weighted by molar-refractivity contribution is 5.81. The zero-order chi connectivity index (χ0) is 21.5. The SMILES string of the molecule is CC[C@@H](Oc1ccc(OC)cc1)C(=O)N(C)Cc1nc(-c2cccc(OC)c2)no1. The third-order valence-corrected chi connectivity index (χ3v) is 4.53. The van der Waals surface area contributed by atoms with Crippen LogP contribution in [0.3, 0.4) is 0 Å². The molecule has 0 unspecified atom stereocenters. The van der Waals surface area contributed by atoms with Crippen LogP contribution in [0, 0.1) is 0 Å². The molecular weight excluding hydrogens is 386 g/mol. The fraction of sp³-hybridized carbons (Fsp3) is 0.318. The Morgan fingerprint density at radius 2 is 1.77 bits per heavy atom. The van der Waals surface area contributed by atoms with E-state index in [4.69, 9.17) is 18.7 Å². The van der Waals surface area contributed by atoms with E-state index in [-0.39, 0.29) is 12.5 Å². The van der Waals surface area contributed by atoms with E-state index < -0.39 is 6.10 Å². The van der Waals surface area contributed by atoms with E-state index in [9.17, 15) is 4.79 Å². The minimum atomic E-state index is -0.621. The first kappa shape index (κ1) is 21.2. The lowest BCUT2D eigenvalue weighted by molar-refractivity contribution is -0.138. The molecule has 158 valence electrons. The highest BCUT2D eigenvalue weighted by Gasteiger charge is 2.24. The number of hydrogen-bond acceptors (Lipinski definition) is 7. The van der Waals surface area contributed by atoms with Crippen molar-refractivity contribution in [2.45, 2.75) is 26.0 Å². The van der Waals surface area contributed by atoms with Gasteiger partial charge in [-0.25, -0.2) is 0 Å². The second-order valence-electron chi connectivity index (χ2n) is 6.63. The van der Waals surface area contributed by atoms with Crippen LogP contribution in [0.1, 0.15) is 19.2 Å². The highest BCUT2D eigenvalue weighted by atomic mass is 16.5. The number of likely N-dealkylation sites (N-methyl/N-ethyl adjacent to an activating group) is 1. The van der Waals surface area contributed by atoms with E-state index in [0.717, 1.165) is 11.3 Å². The summed E-state index contributed by atoms with van der Waals surface area (Å²) in [5.41, 5.74) is 0.771. The summed E-state index contributed by atoms with van der Waals surface area (Å²) in [7, 11) is 4.87. The minimum Gasteiger partial charge on any atom is -0.497 e. The van der Waals surface area contributed by atoms with Crippen molar-refractivity contribution in [3.05, 3.63) is 54.4 Å². The van der Waals surface area contributed by atoms with Crippen LogP contribution in [0.15, 0.2) is 53.1 Å². The number of carbonyl (C=O) groups is 1. The topological polar surface area (TPSA) is 86.9 Å². The number of ether oxygens (including phenoxy) is 3. The van der Waals surface area contributed by atoms with E-state index in [1.807, 2.05) is 31.2 Å². The van der Waals surface area contributed by atoms with Crippen LogP contribution in [-0.2, 0) is 11.3 Å². The van der Waals surface area contributed by atoms with Crippen molar-refractivity contribution in [2.24, 2.45) is 0 Å². The summed E-state index contributed by atoms with van der Waals surface area (Å²) in [6.07, 6.45) is -0.0992. The Kier molecular flexibility index (Phi) is 6.90. The smallest absolute Gasteiger partial charge is 0.263 e. The Bertz CT molecular complexity index is 971. The molecule has 0 aliphatic rings. The highest BCUT2D eigenvalue weighted by Crippen LogP contribution is 2.22. The van der Waals surface area contributed by atoms with Gasteiger partial charge >= 0.3 is 0 Å². The zero-order valence-electron chi connectivity index (χ0n) is 17.5. The lowest BCUT2D eigenvalue weighted by Gasteiger charge is -2.22. The van der Waals surface area contributed by atoms with Gasteiger partial charge in [0.2, 0.25) is 11.7 Å². The summed E-state index contributed by atoms with van der Waals surface area (Å²) >= 11 is 0. The van der Waals surface area contributed by atoms with E-state index >= 15 is 0 Å². The third-order valence-electron chi connectivity index (χ3n) is 4.53. The molecule has 3 rings (SSSR count). The molecule has 30 heavy (non-hydrogen) atoms. The summed E-state index contributed by atoms with van der Waals surface area (Å²) in [6.45, 7) is 2.08. The zero-order valence-corrected chi connectivity index (χ0v) is 17.5. The molecule has 0 aliphatic carbocycles. The van der Waals surface area contributed by atoms with Crippen LogP contribution >= 0.6 is 0 Å². The van der Waals surface area contributed by atoms with Crippen molar-refractivity contribution in [3.8, 4) is 28.6 Å². The summed E-state index contributed by atoms with van der Waals surface area (Å²) in [5.74, 6) is 2.63. The molecule has 1 heterocycles. The van der Waals surface area contributed by atoms with Gasteiger partial charge < -0.3 is 23.6 Å². The maximum atomic E-state index is 12.8. The van der Waals surface area contributed by atoms with Crippen LogP contribution in [0.2, 0.25) is 0 Å². The lowest BCUT2D eigenvalue weighted by Crippen LogP contribution is -2.39. The summed E-state index contributed by atoms with van der Waals surface area (Å²) < 4.78 is 21.5. The number of carbonyl (C=O) groups excluding carboxylic acids is 1. The van der Waals surface area contributed by atoms with Gasteiger partial charge in [-0.05, 0) is 42.8 Å². The monoisotopic (exact) mass is 411 g/mol. The summed E-state index contributed by atoms with van der Waals surface area (Å²) in [6, 6.07) is 14.5. The van der Waals surface area contributed by atoms with Crippen LogP contribution in [0.5, 0.6) is 17.2 Å². The second kappa shape index (κ2) is 9.78. The van der Waals surface area contributed by atoms with Gasteiger partial charge in [-0.3, -0.25) is 4.79 Å². The van der Waals surface area contributed by atoms with Crippen molar-refractivity contribution >= 4 is 5.91 Å². The van der Waals surface area contributed by atoms with Crippen molar-refractivity contribution in [3.63, 3.8) is 0 Å². The Labute approximate surface area is 175 Å². The van der Waals surface area contributed by atoms with E-state index in [0.29, 0.717) is 29.6 Å². The molecule has 0 radical (unpaired) electrons. The molecule has 8 nitrogen and oxygen atoms in total. The predicted molar refractivity (Wildman–Crippen MR) is 110 cm³/mol. The van der Waals surface area contributed by atoms with Crippen molar-refractivity contribution < 1.29 is 23.5 Å². The quantitative estimate of drug-likeness (QED) is 0.532. The molecule has 1 aromatic heterocycles. The molecule has 0 spiro atoms. The molecule has 0 saturated carbocycles. The average molecular weight is 411 g/mol. The Balaban J connectivity index is 1.64. The van der Waals surface area contributed by atoms with Crippen LogP contribution in [-0.4, -0.2) is 48.3 Å². The van der Waals surface area contributed by atoms with E-state index in [2.05, 4.69) is 10.1 Å². The standard InChI is InChI=1S/C22H25N3O5/c1-5-19(29-17-11-9-16(27-3)10-12-17)22(26)25(2)14-20-23-21(24-30-20)15-7-6-8-18(13-15)28-4/h6-13,19H,5,14H2,1-4H3/t19-/m1/s1. The van der Waals surface area contributed by atoms with Gasteiger partial charge in [-0.1, -0.05) is 24.2 Å². The van der Waals surface area contributed by atoms with Gasteiger partial charge in [0, 0.05) is 12.6 Å². The molecule has 0 aliphatic heterocycles. The number of benzene rings is 2. The largest absolute Gasteiger partial charge is 0.497 e. The Morgan fingerprint density at radius 3 is 2.43 bits per heavy atom. The van der Waals surface area contributed by atoms with Crippen LogP contribution in [0.4, 0.5) is 0 Å². The van der Waals surface area contributed by atoms with Gasteiger partial charge in [0.1, 0.15) is 17.2 Å². The maximum Gasteiger partial charge on any atom is 0.263 e. The Morgan fingerprint density at radius 1 is 1.07 bits per heavy atom. The molecule has 2 aromatic carbocycles. The second-order valence-corrected chi connectivity index (χ2v) is 6.63. The Hall–Kier alpha value is -3.55. The first-order chi connectivity index (χ1) is 14.5. The fourth-order valence-electron chi connectivity index (χ4n) is 2.85. The fourth-order valence-corrected chi connectivity index (χ4v) is 2.85. The van der Waals surface area contributed by atoms with Gasteiger partial charge in [0.05, 0.1) is 20.8 Å². The number of hydrogen-bond donors (Lipinski definition) is 0. The third kappa shape index (κ3) is 5.08. The molecule has 1 atom stereocenters. The van der Waals surface area contributed by atoms with Crippen molar-refractivity contribution in [1.82, 2.24) is 15.0 Å². The number of amides is 1. The number of rotatable bonds is 9. The molecule has 0 fully saturated rings. The van der Waals surface area contributed by atoms with Crippen LogP contribution in [0.25, 0.3) is 11.4 Å². The molecule has 8 heteroatoms. The molecule has 0 saturated heterocycles. The van der Waals surface area contributed by atoms with Crippen molar-refractivity contribution in [1.29, 1.82) is 0 Å². The normalized spacial score (nSPS) is 11.6. The van der Waals surface area contributed by atoms with E-state index in [1.165, 1.54) is 4.90 Å². The van der Waals surface area contributed by atoms with Gasteiger partial charge in [0.15, 0.2) is 6.10 Å². The first-order valence-electron chi connectivity index (χ1n) is 9.56. The van der Waals surface area contributed by atoms with E-state index in [1.54, 1.807) is 45.5 Å². The minimum absolute atomic E-state index is 0.172. The predicted octanol–water partition coefficient (Wildman–Crippen LogP) is 3.57. The average Bonchev–Trinajstić information content (AvgIpc) is 3.26. The summed E-state index contributed by atoms with van der Waals surface area (Å²) in [4.78, 5) is 18.7. The number of aromatic nitrogens is 2. The van der Waals surface area contributed by atoms with Gasteiger partial charge in [0.25, 0.3) is 5.91 Å². The number of methoxy groups -OCH3 is 2. The molecule has 0 bridgehead atoms. The first-order valence-corrected chi connectivity index (χ1v) is 9.56. The van der Waals surface area contributed by atoms with Crippen molar-refractivity contribution in [2.75, 3.05) is 21.3 Å². The van der Waals surface area contributed by atoms with Gasteiger partial charge in [-0.2, -0.15) is 4.98 Å². The molecule has 1 amide bonds. The summed E-state index contributed by atoms with van der Waals surface area (Å²) in [5, 5.41) is 4.00. The number of nitrogens with zero attached hydrogens (tertiary/aromatic N) is 3. The maximum absolute atomic E-state index is 12.8. The molecular formula is C22H25N3O5. The van der Waals surface area contributed by atoms with Gasteiger partial charge in [-0.15, -0.1) is 0 Å².